The van der Waals surface area contributed by atoms with Crippen molar-refractivity contribution in [3.05, 3.63) is 95.6 Å². The van der Waals surface area contributed by atoms with E-state index in [1.807, 2.05) is 62.4 Å². The van der Waals surface area contributed by atoms with Crippen molar-refractivity contribution in [2.45, 2.75) is 71.2 Å². The minimum atomic E-state index is -0.433. The van der Waals surface area contributed by atoms with E-state index < -0.39 is 6.04 Å². The number of ether oxygens (including phenoxy) is 2. The van der Waals surface area contributed by atoms with Crippen LogP contribution in [0, 0.1) is 5.92 Å². The molecule has 1 heterocycles. The highest BCUT2D eigenvalue weighted by Gasteiger charge is 2.30. The quantitative estimate of drug-likeness (QED) is 0.317. The lowest BCUT2D eigenvalue weighted by Crippen LogP contribution is -2.47. The molecule has 0 aliphatic carbocycles. The maximum atomic E-state index is 14.3. The van der Waals surface area contributed by atoms with Crippen molar-refractivity contribution in [3.8, 4) is 5.75 Å². The number of hydrogen-bond donors (Lipinski definition) is 2. The zero-order valence-corrected chi connectivity index (χ0v) is 27.2. The van der Waals surface area contributed by atoms with Crippen LogP contribution in [0.25, 0.3) is 0 Å². The van der Waals surface area contributed by atoms with E-state index in [0.29, 0.717) is 36.7 Å². The SMILES string of the molecule is C[C@@H]1CN([C@H](C)CO)C(=O)c2cc(NC(=O)Cc3ccccc3)ccc2O[C@@H](C)CCCCO[C@H]1CN(C)Cc1ccccc1. The van der Waals surface area contributed by atoms with E-state index in [9.17, 15) is 14.7 Å². The Kier molecular flexibility index (Phi) is 13.0. The lowest BCUT2D eigenvalue weighted by molar-refractivity contribution is -0.115. The maximum Gasteiger partial charge on any atom is 0.258 e. The van der Waals surface area contributed by atoms with Crippen LogP contribution in [0.2, 0.25) is 0 Å². The molecule has 8 heteroatoms. The predicted octanol–water partition coefficient (Wildman–Crippen LogP) is 5.80. The third-order valence-electron chi connectivity index (χ3n) is 8.33. The normalized spacial score (nSPS) is 20.5. The highest BCUT2D eigenvalue weighted by Crippen LogP contribution is 2.28. The number of hydrogen-bond acceptors (Lipinski definition) is 6. The molecule has 4 rings (SSSR count). The van der Waals surface area contributed by atoms with Crippen LogP contribution in [0.15, 0.2) is 78.9 Å². The van der Waals surface area contributed by atoms with Crippen molar-refractivity contribution >= 4 is 17.5 Å². The van der Waals surface area contributed by atoms with Gasteiger partial charge in [-0.25, -0.2) is 0 Å². The number of likely N-dealkylation sites (N-methyl/N-ethyl adjacent to an activating group) is 1. The molecule has 2 N–H and O–H groups in total. The molecule has 0 saturated carbocycles. The van der Waals surface area contributed by atoms with Gasteiger partial charge >= 0.3 is 0 Å². The Balaban J connectivity index is 1.59. The second-order valence-electron chi connectivity index (χ2n) is 12.4. The molecule has 0 unspecified atom stereocenters. The van der Waals surface area contributed by atoms with Gasteiger partial charge in [0.25, 0.3) is 5.91 Å². The number of carbonyl (C=O) groups is 2. The second kappa shape index (κ2) is 17.1. The lowest BCUT2D eigenvalue weighted by atomic mass is 10.0. The molecule has 0 aromatic heterocycles. The largest absolute Gasteiger partial charge is 0.490 e. The van der Waals surface area contributed by atoms with E-state index in [1.165, 1.54) is 5.56 Å². The van der Waals surface area contributed by atoms with Crippen LogP contribution < -0.4 is 10.1 Å². The van der Waals surface area contributed by atoms with Crippen LogP contribution in [-0.2, 0) is 22.5 Å². The first kappa shape index (κ1) is 34.2. The maximum absolute atomic E-state index is 14.3. The zero-order chi connectivity index (χ0) is 32.2. The number of anilines is 1. The second-order valence-corrected chi connectivity index (χ2v) is 12.4. The van der Waals surface area contributed by atoms with Crippen molar-refractivity contribution in [3.63, 3.8) is 0 Å². The fourth-order valence-corrected chi connectivity index (χ4v) is 5.72. The molecule has 0 spiro atoms. The summed E-state index contributed by atoms with van der Waals surface area (Å²) in [6.07, 6.45) is 2.66. The molecule has 3 aromatic rings. The first-order chi connectivity index (χ1) is 21.7. The molecule has 4 atom stereocenters. The number of nitrogens with zero attached hydrogens (tertiary/aromatic N) is 2. The summed E-state index contributed by atoms with van der Waals surface area (Å²) in [5.74, 6) is 0.0424. The summed E-state index contributed by atoms with van der Waals surface area (Å²) in [6.45, 7) is 8.31. The number of rotatable bonds is 9. The number of fused-ring (bicyclic) bond motifs is 1. The molecule has 8 nitrogen and oxygen atoms in total. The molecule has 0 radical (unpaired) electrons. The Morgan fingerprint density at radius 3 is 2.40 bits per heavy atom. The molecule has 1 aliphatic rings. The Morgan fingerprint density at radius 2 is 1.71 bits per heavy atom. The van der Waals surface area contributed by atoms with E-state index in [-0.39, 0.29) is 43.0 Å². The molecule has 2 amide bonds. The summed E-state index contributed by atoms with van der Waals surface area (Å²) < 4.78 is 12.8. The predicted molar refractivity (Wildman–Crippen MR) is 178 cm³/mol. The number of aliphatic hydroxyl groups is 1. The van der Waals surface area contributed by atoms with Gasteiger partial charge in [0.05, 0.1) is 36.8 Å². The number of benzene rings is 3. The molecule has 242 valence electrons. The number of amides is 2. The van der Waals surface area contributed by atoms with Crippen molar-refractivity contribution in [2.75, 3.05) is 38.7 Å². The molecule has 0 saturated heterocycles. The highest BCUT2D eigenvalue weighted by molar-refractivity contribution is 6.00. The molecule has 45 heavy (non-hydrogen) atoms. The lowest BCUT2D eigenvalue weighted by Gasteiger charge is -2.36. The standard InChI is InChI=1S/C37H49N3O5/c1-27-23-40(28(2)26-41)37(43)33-22-32(38-36(42)21-30-14-7-5-8-15-30)18-19-34(33)45-29(3)13-11-12-20-44-35(27)25-39(4)24-31-16-9-6-10-17-31/h5-10,14-19,22,27-29,35,41H,11-13,20-21,23-26H2,1-4H3,(H,38,42)/t27-,28-,29+,35+/m1/s1. The van der Waals surface area contributed by atoms with Gasteiger partial charge in [0.1, 0.15) is 5.75 Å². The van der Waals surface area contributed by atoms with E-state index in [4.69, 9.17) is 9.47 Å². The van der Waals surface area contributed by atoms with Gasteiger partial charge in [-0.1, -0.05) is 67.6 Å². The van der Waals surface area contributed by atoms with Crippen LogP contribution in [-0.4, -0.2) is 78.3 Å². The van der Waals surface area contributed by atoms with Crippen LogP contribution in [0.4, 0.5) is 5.69 Å². The molecule has 0 fully saturated rings. The van der Waals surface area contributed by atoms with Crippen molar-refractivity contribution < 1.29 is 24.2 Å². The van der Waals surface area contributed by atoms with Gasteiger partial charge in [0, 0.05) is 37.8 Å². The van der Waals surface area contributed by atoms with E-state index in [2.05, 4.69) is 36.3 Å². The Labute approximate surface area is 268 Å². The minimum absolute atomic E-state index is 0.0128. The summed E-state index contributed by atoms with van der Waals surface area (Å²) in [4.78, 5) is 31.2. The third kappa shape index (κ3) is 10.4. The summed E-state index contributed by atoms with van der Waals surface area (Å²) in [5.41, 5.74) is 3.03. The molecule has 1 aliphatic heterocycles. The number of nitrogens with one attached hydrogen (secondary N) is 1. The first-order valence-corrected chi connectivity index (χ1v) is 16.1. The van der Waals surface area contributed by atoms with Crippen LogP contribution in [0.1, 0.15) is 61.5 Å². The minimum Gasteiger partial charge on any atom is -0.490 e. The van der Waals surface area contributed by atoms with Gasteiger partial charge in [-0.3, -0.25) is 14.5 Å². The monoisotopic (exact) mass is 615 g/mol. The van der Waals surface area contributed by atoms with Gasteiger partial charge < -0.3 is 24.8 Å². The fraction of sp³-hybridized carbons (Fsp3) is 0.459. The van der Waals surface area contributed by atoms with Gasteiger partial charge in [0.15, 0.2) is 0 Å². The van der Waals surface area contributed by atoms with Crippen molar-refractivity contribution in [2.24, 2.45) is 5.92 Å². The van der Waals surface area contributed by atoms with E-state index >= 15 is 0 Å². The third-order valence-corrected chi connectivity index (χ3v) is 8.33. The highest BCUT2D eigenvalue weighted by atomic mass is 16.5. The smallest absolute Gasteiger partial charge is 0.258 e. The Bertz CT molecular complexity index is 1350. The van der Waals surface area contributed by atoms with Crippen molar-refractivity contribution in [1.29, 1.82) is 0 Å². The van der Waals surface area contributed by atoms with Gasteiger partial charge in [-0.15, -0.1) is 0 Å². The molecular formula is C37H49N3O5. The Morgan fingerprint density at radius 1 is 1.02 bits per heavy atom. The van der Waals surface area contributed by atoms with E-state index in [0.717, 1.165) is 31.4 Å². The summed E-state index contributed by atoms with van der Waals surface area (Å²) in [6, 6.07) is 24.7. The average Bonchev–Trinajstić information content (AvgIpc) is 3.03. The molecule has 0 bridgehead atoms. The van der Waals surface area contributed by atoms with Gasteiger partial charge in [-0.2, -0.15) is 0 Å². The van der Waals surface area contributed by atoms with Crippen LogP contribution >= 0.6 is 0 Å². The Hall–Kier alpha value is -3.72. The molecule has 3 aromatic carbocycles. The summed E-state index contributed by atoms with van der Waals surface area (Å²) in [5, 5.41) is 13.2. The molecular weight excluding hydrogens is 566 g/mol. The van der Waals surface area contributed by atoms with Crippen LogP contribution in [0.5, 0.6) is 5.75 Å². The van der Waals surface area contributed by atoms with Crippen LogP contribution in [0.3, 0.4) is 0 Å². The number of aliphatic hydroxyl groups excluding tert-OH is 1. The van der Waals surface area contributed by atoms with E-state index in [1.54, 1.807) is 23.1 Å². The summed E-state index contributed by atoms with van der Waals surface area (Å²) in [7, 11) is 2.09. The van der Waals surface area contributed by atoms with Gasteiger partial charge in [0.2, 0.25) is 5.91 Å². The fourth-order valence-electron chi connectivity index (χ4n) is 5.72. The first-order valence-electron chi connectivity index (χ1n) is 16.1. The van der Waals surface area contributed by atoms with Gasteiger partial charge in [-0.05, 0) is 69.5 Å². The average molecular weight is 616 g/mol. The summed E-state index contributed by atoms with van der Waals surface area (Å²) >= 11 is 0. The zero-order valence-electron chi connectivity index (χ0n) is 27.2. The van der Waals surface area contributed by atoms with Crippen molar-refractivity contribution in [1.82, 2.24) is 9.80 Å². The topological polar surface area (TPSA) is 91.3 Å². The number of carbonyl (C=O) groups excluding carboxylic acids is 2.